The first kappa shape index (κ1) is 28.3. The molecule has 0 bridgehead atoms. The molecule has 1 heteroatoms. The summed E-state index contributed by atoms with van der Waals surface area (Å²) in [5.74, 6) is 0. The van der Waals surface area contributed by atoms with Crippen molar-refractivity contribution in [3.05, 3.63) is 200 Å². The van der Waals surface area contributed by atoms with Crippen molar-refractivity contribution in [2.75, 3.05) is 4.90 Å². The summed E-state index contributed by atoms with van der Waals surface area (Å²) < 4.78 is 0. The van der Waals surface area contributed by atoms with Gasteiger partial charge in [0.1, 0.15) is 0 Å². The summed E-state index contributed by atoms with van der Waals surface area (Å²) in [4.78, 5) is 2.33. The van der Waals surface area contributed by atoms with E-state index in [0.29, 0.717) is 0 Å². The molecule has 222 valence electrons. The predicted molar refractivity (Wildman–Crippen MR) is 200 cm³/mol. The van der Waals surface area contributed by atoms with Gasteiger partial charge in [-0.05, 0) is 97.7 Å². The lowest BCUT2D eigenvalue weighted by Gasteiger charge is -2.26. The molecule has 8 aromatic rings. The average molecular weight is 600 g/mol. The highest BCUT2D eigenvalue weighted by atomic mass is 15.1. The summed E-state index contributed by atoms with van der Waals surface area (Å²) in [5, 5.41) is 2.53. The molecule has 8 rings (SSSR count). The first-order chi connectivity index (χ1) is 23.3. The van der Waals surface area contributed by atoms with E-state index >= 15 is 0 Å². The minimum atomic E-state index is 1.11. The molecule has 0 aromatic heterocycles. The van der Waals surface area contributed by atoms with Crippen LogP contribution < -0.4 is 4.90 Å². The molecule has 0 amide bonds. The van der Waals surface area contributed by atoms with Crippen LogP contribution in [-0.2, 0) is 0 Å². The molecule has 0 spiro atoms. The van der Waals surface area contributed by atoms with E-state index in [2.05, 4.69) is 205 Å². The topological polar surface area (TPSA) is 3.24 Å². The zero-order chi connectivity index (χ0) is 31.4. The van der Waals surface area contributed by atoms with Crippen molar-refractivity contribution in [1.82, 2.24) is 0 Å². The molecule has 0 aliphatic rings. The second kappa shape index (κ2) is 12.7. The zero-order valence-corrected chi connectivity index (χ0v) is 26.0. The summed E-state index contributed by atoms with van der Waals surface area (Å²) in [7, 11) is 0. The van der Waals surface area contributed by atoms with Crippen LogP contribution in [0.5, 0.6) is 0 Å². The Hall–Kier alpha value is -6.18. The summed E-state index contributed by atoms with van der Waals surface area (Å²) in [6, 6.07) is 71.8. The monoisotopic (exact) mass is 599 g/mol. The third kappa shape index (κ3) is 5.83. The number of anilines is 3. The molecule has 47 heavy (non-hydrogen) atoms. The summed E-state index contributed by atoms with van der Waals surface area (Å²) in [5.41, 5.74) is 13.0. The maximum Gasteiger partial charge on any atom is 0.0462 e. The summed E-state index contributed by atoms with van der Waals surface area (Å²) in [6.07, 6.45) is 0. The van der Waals surface area contributed by atoms with E-state index < -0.39 is 0 Å². The van der Waals surface area contributed by atoms with Crippen molar-refractivity contribution < 1.29 is 0 Å². The third-order valence-corrected chi connectivity index (χ3v) is 8.89. The lowest BCUT2D eigenvalue weighted by atomic mass is 9.95. The Morgan fingerprint density at radius 3 is 1.19 bits per heavy atom. The Balaban J connectivity index is 1.15. The van der Waals surface area contributed by atoms with E-state index in [4.69, 9.17) is 0 Å². The second-order valence-corrected chi connectivity index (χ2v) is 11.8. The summed E-state index contributed by atoms with van der Waals surface area (Å²) >= 11 is 0. The Bertz CT molecular complexity index is 2160. The van der Waals surface area contributed by atoms with Crippen molar-refractivity contribution in [3.63, 3.8) is 0 Å². The van der Waals surface area contributed by atoms with Crippen molar-refractivity contribution >= 4 is 27.8 Å². The summed E-state index contributed by atoms with van der Waals surface area (Å²) in [6.45, 7) is 0. The van der Waals surface area contributed by atoms with Crippen molar-refractivity contribution in [3.8, 4) is 44.5 Å². The maximum atomic E-state index is 2.33. The van der Waals surface area contributed by atoms with Gasteiger partial charge in [-0.25, -0.2) is 0 Å². The third-order valence-electron chi connectivity index (χ3n) is 8.89. The Labute approximate surface area is 276 Å². The van der Waals surface area contributed by atoms with Gasteiger partial charge in [0.05, 0.1) is 0 Å². The Morgan fingerprint density at radius 2 is 0.638 bits per heavy atom. The highest BCUT2D eigenvalue weighted by Gasteiger charge is 2.14. The molecule has 0 saturated heterocycles. The molecule has 1 nitrogen and oxygen atoms in total. The van der Waals surface area contributed by atoms with E-state index in [1.807, 2.05) is 0 Å². The van der Waals surface area contributed by atoms with Gasteiger partial charge in [-0.1, -0.05) is 158 Å². The molecule has 0 heterocycles. The van der Waals surface area contributed by atoms with Crippen LogP contribution in [0, 0.1) is 0 Å². The molecular formula is C46H33N. The van der Waals surface area contributed by atoms with Crippen molar-refractivity contribution in [1.29, 1.82) is 0 Å². The fourth-order valence-corrected chi connectivity index (χ4v) is 6.46. The largest absolute Gasteiger partial charge is 0.311 e. The molecule has 0 radical (unpaired) electrons. The molecule has 0 atom stereocenters. The zero-order valence-electron chi connectivity index (χ0n) is 26.0. The van der Waals surface area contributed by atoms with E-state index in [0.717, 1.165) is 17.1 Å². The number of hydrogen-bond acceptors (Lipinski definition) is 1. The van der Waals surface area contributed by atoms with Gasteiger partial charge >= 0.3 is 0 Å². The van der Waals surface area contributed by atoms with Crippen molar-refractivity contribution in [2.45, 2.75) is 0 Å². The van der Waals surface area contributed by atoms with Gasteiger partial charge in [-0.3, -0.25) is 0 Å². The van der Waals surface area contributed by atoms with E-state index in [-0.39, 0.29) is 0 Å². The standard InChI is InChI=1S/C46H33N/c1-3-11-34(12-4-1)36-21-27-42(28-22-36)47(43-29-23-37(24-30-43)35-13-5-2-6-14-35)44-31-25-38(26-32-44)40-17-9-18-41(33-40)46-20-10-16-39-15-7-8-19-45(39)46/h1-33H. The fourth-order valence-electron chi connectivity index (χ4n) is 6.46. The highest BCUT2D eigenvalue weighted by Crippen LogP contribution is 2.38. The van der Waals surface area contributed by atoms with E-state index in [1.165, 1.54) is 55.3 Å². The van der Waals surface area contributed by atoms with Gasteiger partial charge in [0.25, 0.3) is 0 Å². The van der Waals surface area contributed by atoms with Gasteiger partial charge < -0.3 is 4.90 Å². The van der Waals surface area contributed by atoms with Gasteiger partial charge in [0.2, 0.25) is 0 Å². The van der Waals surface area contributed by atoms with E-state index in [1.54, 1.807) is 0 Å². The van der Waals surface area contributed by atoms with Crippen LogP contribution >= 0.6 is 0 Å². The number of rotatable bonds is 7. The van der Waals surface area contributed by atoms with Crippen LogP contribution in [0.4, 0.5) is 17.1 Å². The second-order valence-electron chi connectivity index (χ2n) is 11.8. The van der Waals surface area contributed by atoms with Crippen LogP contribution in [0.15, 0.2) is 200 Å². The maximum absolute atomic E-state index is 2.33. The Morgan fingerprint density at radius 1 is 0.255 bits per heavy atom. The van der Waals surface area contributed by atoms with Gasteiger partial charge in [-0.15, -0.1) is 0 Å². The van der Waals surface area contributed by atoms with Crippen molar-refractivity contribution in [2.24, 2.45) is 0 Å². The molecule has 8 aromatic carbocycles. The highest BCUT2D eigenvalue weighted by molar-refractivity contribution is 5.97. The molecule has 0 aliphatic heterocycles. The fraction of sp³-hybridized carbons (Fsp3) is 0. The van der Waals surface area contributed by atoms with Crippen LogP contribution in [0.3, 0.4) is 0 Å². The van der Waals surface area contributed by atoms with Gasteiger partial charge in [-0.2, -0.15) is 0 Å². The lowest BCUT2D eigenvalue weighted by Crippen LogP contribution is -2.09. The number of benzene rings is 8. The van der Waals surface area contributed by atoms with Gasteiger partial charge in [0.15, 0.2) is 0 Å². The number of hydrogen-bond donors (Lipinski definition) is 0. The average Bonchev–Trinajstić information content (AvgIpc) is 3.16. The molecule has 0 aliphatic carbocycles. The molecule has 0 saturated carbocycles. The van der Waals surface area contributed by atoms with E-state index in [9.17, 15) is 0 Å². The van der Waals surface area contributed by atoms with Crippen LogP contribution in [0.1, 0.15) is 0 Å². The predicted octanol–water partition coefficient (Wildman–Crippen LogP) is 13.0. The first-order valence-electron chi connectivity index (χ1n) is 16.1. The minimum Gasteiger partial charge on any atom is -0.311 e. The normalized spacial score (nSPS) is 11.0. The Kier molecular flexibility index (Phi) is 7.63. The van der Waals surface area contributed by atoms with Crippen LogP contribution in [-0.4, -0.2) is 0 Å². The first-order valence-corrected chi connectivity index (χ1v) is 16.1. The molecular weight excluding hydrogens is 567 g/mol. The SMILES string of the molecule is c1ccc(-c2ccc(N(c3ccc(-c4ccccc4)cc3)c3ccc(-c4cccc(-c5cccc6ccccc56)c4)cc3)cc2)cc1. The van der Waals surface area contributed by atoms with Gasteiger partial charge in [0, 0.05) is 17.1 Å². The molecule has 0 unspecified atom stereocenters. The van der Waals surface area contributed by atoms with Crippen LogP contribution in [0.2, 0.25) is 0 Å². The smallest absolute Gasteiger partial charge is 0.0462 e. The lowest BCUT2D eigenvalue weighted by molar-refractivity contribution is 1.28. The molecule has 0 N–H and O–H groups in total. The molecule has 0 fully saturated rings. The number of fused-ring (bicyclic) bond motifs is 1. The van der Waals surface area contributed by atoms with Crippen LogP contribution in [0.25, 0.3) is 55.3 Å². The minimum absolute atomic E-state index is 1.11. The number of nitrogens with zero attached hydrogens (tertiary/aromatic N) is 1. The quantitative estimate of drug-likeness (QED) is 0.176.